The first kappa shape index (κ1) is 79.4. The molecule has 0 aliphatic rings. The molecule has 0 N–H and O–H groups in total. The summed E-state index contributed by atoms with van der Waals surface area (Å²) >= 11 is 0. The van der Waals surface area contributed by atoms with Crippen LogP contribution in [0.2, 0.25) is 0 Å². The summed E-state index contributed by atoms with van der Waals surface area (Å²) in [6.45, 7) is 6.74. The zero-order chi connectivity index (χ0) is 58.5. The van der Waals surface area contributed by atoms with E-state index >= 15 is 0 Å². The molecule has 6 nitrogen and oxygen atoms in total. The van der Waals surface area contributed by atoms with Gasteiger partial charge in [0.15, 0.2) is 6.10 Å². The molecule has 0 radical (unpaired) electrons. The summed E-state index contributed by atoms with van der Waals surface area (Å²) in [5.74, 6) is -0.820. The molecule has 0 heterocycles. The highest BCUT2D eigenvalue weighted by Crippen LogP contribution is 2.20. The van der Waals surface area contributed by atoms with Gasteiger partial charge in [-0.15, -0.1) is 0 Å². The molecule has 1 unspecified atom stereocenters. The highest BCUT2D eigenvalue weighted by molar-refractivity contribution is 5.71. The van der Waals surface area contributed by atoms with Gasteiger partial charge >= 0.3 is 17.9 Å². The van der Waals surface area contributed by atoms with Crippen molar-refractivity contribution in [3.8, 4) is 0 Å². The highest BCUT2D eigenvalue weighted by Gasteiger charge is 2.20. The number of carbonyl (C=O) groups excluding carboxylic acids is 3. The van der Waals surface area contributed by atoms with E-state index in [2.05, 4.69) is 20.8 Å². The molecule has 0 spiro atoms. The second-order valence-corrected chi connectivity index (χ2v) is 25.9. The lowest BCUT2D eigenvalue weighted by Crippen LogP contribution is -2.30. The second kappa shape index (κ2) is 70.9. The number of esters is 3. The molecular weight excluding hydrogens is 997 g/mol. The maximum Gasteiger partial charge on any atom is 0.306 e. The molecule has 0 fully saturated rings. The second-order valence-electron chi connectivity index (χ2n) is 25.9. The van der Waals surface area contributed by atoms with E-state index in [4.69, 9.17) is 14.2 Å². The minimum atomic E-state index is -0.763. The zero-order valence-corrected chi connectivity index (χ0v) is 55.6. The fraction of sp³-hybridized carbons (Fsp3) is 0.960. The van der Waals surface area contributed by atoms with E-state index in [0.717, 1.165) is 57.8 Å². The van der Waals surface area contributed by atoms with Gasteiger partial charge in [0, 0.05) is 19.3 Å². The van der Waals surface area contributed by atoms with Crippen LogP contribution >= 0.6 is 0 Å². The predicted molar refractivity (Wildman–Crippen MR) is 354 cm³/mol. The van der Waals surface area contributed by atoms with Crippen molar-refractivity contribution in [2.75, 3.05) is 13.2 Å². The topological polar surface area (TPSA) is 78.9 Å². The number of rotatable bonds is 71. The van der Waals surface area contributed by atoms with Crippen LogP contribution in [0.15, 0.2) is 0 Å². The van der Waals surface area contributed by atoms with Gasteiger partial charge in [-0.2, -0.15) is 0 Å². The van der Waals surface area contributed by atoms with E-state index in [9.17, 15) is 14.4 Å². The van der Waals surface area contributed by atoms with Crippen LogP contribution in [0, 0.1) is 0 Å². The third kappa shape index (κ3) is 69.1. The molecule has 0 amide bonds. The van der Waals surface area contributed by atoms with E-state index < -0.39 is 6.10 Å². The summed E-state index contributed by atoms with van der Waals surface area (Å²) in [7, 11) is 0. The molecule has 81 heavy (non-hydrogen) atoms. The van der Waals surface area contributed by atoms with Crippen LogP contribution in [-0.2, 0) is 28.6 Å². The molecule has 0 rings (SSSR count). The van der Waals surface area contributed by atoms with Gasteiger partial charge in [-0.1, -0.05) is 406 Å². The molecule has 0 aromatic heterocycles. The Morgan fingerprint density at radius 1 is 0.198 bits per heavy atom. The van der Waals surface area contributed by atoms with Crippen LogP contribution in [0.5, 0.6) is 0 Å². The molecule has 6 heteroatoms. The van der Waals surface area contributed by atoms with Crippen LogP contribution in [-0.4, -0.2) is 37.2 Å². The highest BCUT2D eigenvalue weighted by atomic mass is 16.6. The van der Waals surface area contributed by atoms with Gasteiger partial charge in [-0.05, 0) is 19.3 Å². The molecule has 0 aromatic carbocycles. The molecule has 482 valence electrons. The first-order chi connectivity index (χ1) is 40.0. The van der Waals surface area contributed by atoms with Crippen molar-refractivity contribution in [3.05, 3.63) is 0 Å². The summed E-state index contributed by atoms with van der Waals surface area (Å²) in [5, 5.41) is 0. The summed E-state index contributed by atoms with van der Waals surface area (Å²) in [6.07, 6.45) is 84.5. The van der Waals surface area contributed by atoms with Crippen molar-refractivity contribution in [3.63, 3.8) is 0 Å². The Balaban J connectivity index is 4.05. The number of hydrogen-bond acceptors (Lipinski definition) is 6. The fourth-order valence-electron chi connectivity index (χ4n) is 12.0. The first-order valence-corrected chi connectivity index (χ1v) is 37.5. The summed E-state index contributed by atoms with van der Waals surface area (Å²) < 4.78 is 17.0. The summed E-state index contributed by atoms with van der Waals surface area (Å²) in [6, 6.07) is 0. The first-order valence-electron chi connectivity index (χ1n) is 37.5. The molecule has 0 aromatic rings. The van der Waals surface area contributed by atoms with Gasteiger partial charge in [0.05, 0.1) is 0 Å². The van der Waals surface area contributed by atoms with Crippen LogP contribution in [0.1, 0.15) is 445 Å². The van der Waals surface area contributed by atoms with Crippen molar-refractivity contribution in [2.45, 2.75) is 451 Å². The Labute approximate surface area is 508 Å². The maximum atomic E-state index is 12.9. The van der Waals surface area contributed by atoms with Crippen molar-refractivity contribution in [1.29, 1.82) is 0 Å². The van der Waals surface area contributed by atoms with Gasteiger partial charge in [0.25, 0.3) is 0 Å². The minimum Gasteiger partial charge on any atom is -0.462 e. The zero-order valence-electron chi connectivity index (χ0n) is 55.6. The van der Waals surface area contributed by atoms with Crippen molar-refractivity contribution >= 4 is 17.9 Å². The summed E-state index contributed by atoms with van der Waals surface area (Å²) in [4.78, 5) is 38.4. The molecule has 0 aliphatic heterocycles. The molecule has 0 bridgehead atoms. The van der Waals surface area contributed by atoms with E-state index in [0.29, 0.717) is 19.3 Å². The van der Waals surface area contributed by atoms with Crippen molar-refractivity contribution in [2.24, 2.45) is 0 Å². The third-order valence-corrected chi connectivity index (χ3v) is 17.6. The number of hydrogen-bond donors (Lipinski definition) is 0. The standard InChI is InChI=1S/C75H146O6/c1-4-7-10-13-16-19-22-25-27-29-30-31-32-33-34-35-36-37-38-39-40-41-42-43-44-46-47-50-53-56-59-62-65-68-74(77)80-71-72(70-79-73(76)67-64-61-58-55-52-49-24-21-18-15-12-9-6-3)81-75(78)69-66-63-60-57-54-51-48-45-28-26-23-20-17-14-11-8-5-2/h72H,4-71H2,1-3H3. The number of unbranched alkanes of at least 4 members (excludes halogenated alkanes) is 60. The molecule has 0 aliphatic carbocycles. The van der Waals surface area contributed by atoms with Crippen LogP contribution < -0.4 is 0 Å². The molecule has 0 saturated carbocycles. The van der Waals surface area contributed by atoms with Crippen molar-refractivity contribution in [1.82, 2.24) is 0 Å². The van der Waals surface area contributed by atoms with Crippen LogP contribution in [0.3, 0.4) is 0 Å². The average molecular weight is 1140 g/mol. The number of carbonyl (C=O) groups is 3. The quantitative estimate of drug-likeness (QED) is 0.0343. The lowest BCUT2D eigenvalue weighted by Gasteiger charge is -2.18. The lowest BCUT2D eigenvalue weighted by molar-refractivity contribution is -0.167. The maximum absolute atomic E-state index is 12.9. The molecule has 0 saturated heterocycles. The summed E-state index contributed by atoms with van der Waals surface area (Å²) in [5.41, 5.74) is 0. The average Bonchev–Trinajstić information content (AvgIpc) is 3.46. The Hall–Kier alpha value is -1.59. The van der Waals surface area contributed by atoms with Crippen molar-refractivity contribution < 1.29 is 28.6 Å². The van der Waals surface area contributed by atoms with Gasteiger partial charge in [0.1, 0.15) is 13.2 Å². The Morgan fingerprint density at radius 3 is 0.494 bits per heavy atom. The molecule has 1 atom stereocenters. The fourth-order valence-corrected chi connectivity index (χ4v) is 12.0. The van der Waals surface area contributed by atoms with E-state index in [1.165, 1.54) is 347 Å². The van der Waals surface area contributed by atoms with Crippen LogP contribution in [0.25, 0.3) is 0 Å². The smallest absolute Gasteiger partial charge is 0.306 e. The largest absolute Gasteiger partial charge is 0.462 e. The Morgan fingerprint density at radius 2 is 0.333 bits per heavy atom. The number of ether oxygens (including phenoxy) is 3. The van der Waals surface area contributed by atoms with Crippen LogP contribution in [0.4, 0.5) is 0 Å². The van der Waals surface area contributed by atoms with Gasteiger partial charge in [-0.25, -0.2) is 0 Å². The third-order valence-electron chi connectivity index (χ3n) is 17.6. The SMILES string of the molecule is CCCCCCCCCCCCCCCCCCCCCCCCCCCCCCCCCCCC(=O)OCC(COC(=O)CCCCCCCCCCCCCCC)OC(=O)CCCCCCCCCCCCCCCCCCC. The monoisotopic (exact) mass is 1140 g/mol. The molecular formula is C75H146O6. The minimum absolute atomic E-state index is 0.0602. The Kier molecular flexibility index (Phi) is 69.5. The predicted octanol–water partition coefficient (Wildman–Crippen LogP) is 25.8. The lowest BCUT2D eigenvalue weighted by atomic mass is 10.0. The Bertz CT molecular complexity index is 1220. The van der Waals surface area contributed by atoms with Gasteiger partial charge in [0.2, 0.25) is 0 Å². The normalized spacial score (nSPS) is 11.9. The van der Waals surface area contributed by atoms with E-state index in [1.807, 2.05) is 0 Å². The van der Waals surface area contributed by atoms with Gasteiger partial charge in [-0.3, -0.25) is 14.4 Å². The van der Waals surface area contributed by atoms with Gasteiger partial charge < -0.3 is 14.2 Å². The van der Waals surface area contributed by atoms with E-state index in [-0.39, 0.29) is 31.1 Å². The van der Waals surface area contributed by atoms with E-state index in [1.54, 1.807) is 0 Å².